The third-order valence-corrected chi connectivity index (χ3v) is 6.23. The second-order valence-corrected chi connectivity index (χ2v) is 11.4. The Hall–Kier alpha value is -2.94. The number of ether oxygens (including phenoxy) is 2. The van der Waals surface area contributed by atoms with E-state index in [-0.39, 0.29) is 12.1 Å². The van der Waals surface area contributed by atoms with Crippen LogP contribution in [0.5, 0.6) is 28.7 Å². The summed E-state index contributed by atoms with van der Waals surface area (Å²) in [6, 6.07) is 6.17. The van der Waals surface area contributed by atoms with Crippen LogP contribution in [0, 0.1) is 0 Å². The van der Waals surface area contributed by atoms with Crippen molar-refractivity contribution in [2.45, 2.75) is 9.79 Å². The Morgan fingerprint density at radius 1 is 0.485 bits per heavy atom. The Labute approximate surface area is 179 Å². The fourth-order valence-electron chi connectivity index (χ4n) is 2.60. The van der Waals surface area contributed by atoms with Crippen molar-refractivity contribution >= 4 is 20.4 Å². The molecule has 0 spiro atoms. The number of aromatic hydroxyl groups is 1. The minimum absolute atomic E-state index is 0.0175. The van der Waals surface area contributed by atoms with Crippen LogP contribution in [0.4, 0.5) is 38.9 Å². The standard InChI is InChI=1S/C18H12F10O3S2/c19-32(20,21,22,23)17-7-3-1-5-14(17)30-13-10-9-12(29)11-16(13)31-15-6-2-4-8-18(15)33(24,25,26,27)28/h1-11,29H. The Kier molecular flexibility index (Phi) is 4.59. The maximum absolute atomic E-state index is 13.3. The lowest BCUT2D eigenvalue weighted by Gasteiger charge is -2.41. The van der Waals surface area contributed by atoms with Gasteiger partial charge in [0.2, 0.25) is 0 Å². The van der Waals surface area contributed by atoms with Gasteiger partial charge in [0.25, 0.3) is 0 Å². The first-order chi connectivity index (χ1) is 14.5. The van der Waals surface area contributed by atoms with Gasteiger partial charge >= 0.3 is 20.4 Å². The van der Waals surface area contributed by atoms with Gasteiger partial charge in [-0.2, -0.15) is 0 Å². The van der Waals surface area contributed by atoms with Crippen LogP contribution in [-0.2, 0) is 0 Å². The molecule has 0 aromatic heterocycles. The monoisotopic (exact) mass is 530 g/mol. The van der Waals surface area contributed by atoms with Crippen LogP contribution in [-0.4, -0.2) is 5.11 Å². The Morgan fingerprint density at radius 3 is 1.30 bits per heavy atom. The summed E-state index contributed by atoms with van der Waals surface area (Å²) in [5.41, 5.74) is 0. The molecular formula is C18H12F10O3S2. The Balaban J connectivity index is 2.12. The van der Waals surface area contributed by atoms with Crippen molar-refractivity contribution in [3.63, 3.8) is 0 Å². The molecule has 0 aliphatic heterocycles. The Bertz CT molecular complexity index is 1240. The van der Waals surface area contributed by atoms with Crippen molar-refractivity contribution in [2.24, 2.45) is 0 Å². The van der Waals surface area contributed by atoms with Crippen LogP contribution in [0.25, 0.3) is 0 Å². The summed E-state index contributed by atoms with van der Waals surface area (Å²) in [6.45, 7) is 0. The van der Waals surface area contributed by atoms with E-state index in [0.29, 0.717) is 36.4 Å². The van der Waals surface area contributed by atoms with Crippen LogP contribution >= 0.6 is 20.4 Å². The fraction of sp³-hybridized carbons (Fsp3) is 0. The van der Waals surface area contributed by atoms with Gasteiger partial charge in [-0.1, -0.05) is 63.1 Å². The number of halogens is 10. The van der Waals surface area contributed by atoms with Crippen molar-refractivity contribution in [3.8, 4) is 28.7 Å². The average Bonchev–Trinajstić information content (AvgIpc) is 2.61. The molecule has 184 valence electrons. The molecule has 15 heteroatoms. The van der Waals surface area contributed by atoms with Crippen LogP contribution in [0.3, 0.4) is 0 Å². The maximum atomic E-state index is 13.3. The van der Waals surface area contributed by atoms with E-state index in [1.54, 1.807) is 0 Å². The highest BCUT2D eigenvalue weighted by atomic mass is 32.5. The van der Waals surface area contributed by atoms with E-state index >= 15 is 0 Å². The summed E-state index contributed by atoms with van der Waals surface area (Å²) < 4.78 is 143. The van der Waals surface area contributed by atoms with Crippen LogP contribution < -0.4 is 9.47 Å². The van der Waals surface area contributed by atoms with Gasteiger partial charge < -0.3 is 14.6 Å². The molecule has 3 rings (SSSR count). The molecule has 0 atom stereocenters. The zero-order valence-electron chi connectivity index (χ0n) is 15.7. The first-order valence-electron chi connectivity index (χ1n) is 8.38. The van der Waals surface area contributed by atoms with Crippen LogP contribution in [0.1, 0.15) is 0 Å². The number of phenols is 1. The third kappa shape index (κ3) is 5.90. The molecule has 0 heterocycles. The minimum atomic E-state index is -10.3. The molecule has 1 N–H and O–H groups in total. The van der Waals surface area contributed by atoms with Crippen molar-refractivity contribution in [3.05, 3.63) is 66.7 Å². The van der Waals surface area contributed by atoms with Gasteiger partial charge in [-0.3, -0.25) is 0 Å². The van der Waals surface area contributed by atoms with Gasteiger partial charge in [0.1, 0.15) is 27.0 Å². The second kappa shape index (κ2) is 6.14. The number of para-hydroxylation sites is 2. The van der Waals surface area contributed by atoms with E-state index in [0.717, 1.165) is 18.2 Å². The summed E-state index contributed by atoms with van der Waals surface area (Å²) in [4.78, 5) is -4.90. The summed E-state index contributed by atoms with van der Waals surface area (Å²) in [7, 11) is -20.6. The molecule has 0 saturated heterocycles. The lowest BCUT2D eigenvalue weighted by molar-refractivity contribution is 0.342. The van der Waals surface area contributed by atoms with E-state index in [2.05, 4.69) is 0 Å². The first-order valence-corrected chi connectivity index (χ1v) is 12.3. The molecule has 3 aromatic rings. The van der Waals surface area contributed by atoms with E-state index in [9.17, 15) is 44.0 Å². The van der Waals surface area contributed by atoms with Gasteiger partial charge in [-0.15, -0.1) is 0 Å². The smallest absolute Gasteiger partial charge is 0.313 e. The summed E-state index contributed by atoms with van der Waals surface area (Å²) in [5, 5.41) is 9.59. The topological polar surface area (TPSA) is 38.7 Å². The summed E-state index contributed by atoms with van der Waals surface area (Å²) in [6.07, 6.45) is 0. The highest BCUT2D eigenvalue weighted by Crippen LogP contribution is 3.03. The first kappa shape index (κ1) is 24.7. The number of phenolic OH excluding ortho intramolecular Hbond substituents is 1. The van der Waals surface area contributed by atoms with Crippen molar-refractivity contribution in [1.29, 1.82) is 0 Å². The lowest BCUT2D eigenvalue weighted by atomic mass is 10.3. The highest BCUT2D eigenvalue weighted by Gasteiger charge is 2.68. The maximum Gasteiger partial charge on any atom is 0.313 e. The third-order valence-electron chi connectivity index (χ3n) is 3.90. The van der Waals surface area contributed by atoms with E-state index in [4.69, 9.17) is 9.47 Å². The van der Waals surface area contributed by atoms with Gasteiger partial charge in [0.15, 0.2) is 11.5 Å². The lowest BCUT2D eigenvalue weighted by Crippen LogP contribution is -2.08. The van der Waals surface area contributed by atoms with Crippen LogP contribution in [0.15, 0.2) is 76.5 Å². The summed E-state index contributed by atoms with van der Waals surface area (Å²) in [5.74, 6) is -5.44. The van der Waals surface area contributed by atoms with Gasteiger partial charge in [0, 0.05) is 6.07 Å². The van der Waals surface area contributed by atoms with Gasteiger partial charge in [0.05, 0.1) is 0 Å². The molecule has 33 heavy (non-hydrogen) atoms. The molecule has 0 amide bonds. The molecule has 0 aliphatic rings. The zero-order chi connectivity index (χ0) is 25.1. The molecule has 0 radical (unpaired) electrons. The molecule has 3 aromatic carbocycles. The molecule has 0 saturated carbocycles. The van der Waals surface area contributed by atoms with E-state index in [1.165, 1.54) is 0 Å². The number of hydrogen-bond donors (Lipinski definition) is 1. The fourth-order valence-corrected chi connectivity index (χ4v) is 4.26. The quantitative estimate of drug-likeness (QED) is 0.322. The average molecular weight is 530 g/mol. The highest BCUT2D eigenvalue weighted by molar-refractivity contribution is 8.46. The van der Waals surface area contributed by atoms with Gasteiger partial charge in [-0.05, 0) is 36.4 Å². The molecular weight excluding hydrogens is 518 g/mol. The second-order valence-electron chi connectivity index (χ2n) is 6.67. The van der Waals surface area contributed by atoms with Crippen molar-refractivity contribution in [1.82, 2.24) is 0 Å². The zero-order valence-corrected chi connectivity index (χ0v) is 17.3. The number of hydrogen-bond acceptors (Lipinski definition) is 3. The number of benzene rings is 3. The predicted octanol–water partition coefficient (Wildman–Crippen LogP) is 10.3. The van der Waals surface area contributed by atoms with Crippen LogP contribution in [0.2, 0.25) is 0 Å². The number of rotatable bonds is 6. The van der Waals surface area contributed by atoms with E-state index in [1.807, 2.05) is 0 Å². The van der Waals surface area contributed by atoms with Gasteiger partial charge in [-0.25, -0.2) is 0 Å². The molecule has 0 unspecified atom stereocenters. The van der Waals surface area contributed by atoms with Crippen molar-refractivity contribution < 1.29 is 53.4 Å². The van der Waals surface area contributed by atoms with Crippen molar-refractivity contribution in [2.75, 3.05) is 0 Å². The Morgan fingerprint density at radius 2 is 0.879 bits per heavy atom. The summed E-state index contributed by atoms with van der Waals surface area (Å²) >= 11 is 0. The molecule has 0 aliphatic carbocycles. The molecule has 0 bridgehead atoms. The normalized spacial score (nSPS) is 16.7. The largest absolute Gasteiger partial charge is 0.508 e. The molecule has 0 fully saturated rings. The van der Waals surface area contributed by atoms with E-state index < -0.39 is 59.0 Å². The molecule has 3 nitrogen and oxygen atoms in total. The predicted molar refractivity (Wildman–Crippen MR) is 104 cm³/mol. The SMILES string of the molecule is Oc1ccc(Oc2ccccc2S(F)(F)(F)(F)F)c(Oc2ccccc2S(F)(F)(F)(F)F)c1. The minimum Gasteiger partial charge on any atom is -0.508 e.